The number of carbonyl (C=O) groups is 1. The number of likely N-dealkylation sites (tertiary alicyclic amines) is 1. The van der Waals surface area contributed by atoms with Crippen LogP contribution in [0.25, 0.3) is 0 Å². The molecule has 0 aliphatic carbocycles. The van der Waals surface area contributed by atoms with Crippen molar-refractivity contribution >= 4 is 33.2 Å². The van der Waals surface area contributed by atoms with Crippen LogP contribution < -0.4 is 10.0 Å². The highest BCUT2D eigenvalue weighted by Crippen LogP contribution is 2.20. The first-order chi connectivity index (χ1) is 15.4. The normalized spacial score (nSPS) is 16.6. The van der Waals surface area contributed by atoms with Crippen LogP contribution in [0.5, 0.6) is 0 Å². The first-order valence-electron chi connectivity index (χ1n) is 10.3. The summed E-state index contributed by atoms with van der Waals surface area (Å²) in [6.45, 7) is 2.50. The third-order valence-electron chi connectivity index (χ3n) is 5.34. The predicted octanol–water partition coefficient (Wildman–Crippen LogP) is 4.15. The molecular weight excluding hydrogens is 446 g/mol. The smallest absolute Gasteiger partial charge is 0.261 e. The number of nitrogens with zero attached hydrogens (tertiary/aromatic N) is 1. The van der Waals surface area contributed by atoms with E-state index in [0.29, 0.717) is 16.3 Å². The lowest BCUT2D eigenvalue weighted by Gasteiger charge is -2.17. The van der Waals surface area contributed by atoms with Crippen molar-refractivity contribution < 1.29 is 13.2 Å². The fourth-order valence-electron chi connectivity index (χ4n) is 3.77. The average Bonchev–Trinajstić information content (AvgIpc) is 3.21. The second-order valence-electron chi connectivity index (χ2n) is 7.82. The van der Waals surface area contributed by atoms with Gasteiger partial charge in [0.15, 0.2) is 0 Å². The van der Waals surface area contributed by atoms with E-state index in [4.69, 9.17) is 11.6 Å². The second kappa shape index (κ2) is 9.73. The number of sulfonamides is 1. The number of hydrogen-bond acceptors (Lipinski definition) is 4. The molecule has 1 unspecified atom stereocenters. The lowest BCUT2D eigenvalue weighted by molar-refractivity contribution is 0.0937. The molecule has 1 heterocycles. The van der Waals surface area contributed by atoms with Crippen LogP contribution >= 0.6 is 11.6 Å². The van der Waals surface area contributed by atoms with E-state index in [1.54, 1.807) is 30.3 Å². The summed E-state index contributed by atoms with van der Waals surface area (Å²) >= 11 is 5.93. The van der Waals surface area contributed by atoms with Gasteiger partial charge < -0.3 is 5.32 Å². The molecule has 166 valence electrons. The van der Waals surface area contributed by atoms with Gasteiger partial charge in [-0.2, -0.15) is 0 Å². The molecule has 0 radical (unpaired) electrons. The maximum absolute atomic E-state index is 12.8. The summed E-state index contributed by atoms with van der Waals surface area (Å²) in [4.78, 5) is 15.1. The Bertz CT molecular complexity index is 1200. The van der Waals surface area contributed by atoms with Gasteiger partial charge in [0.2, 0.25) is 0 Å². The van der Waals surface area contributed by atoms with Gasteiger partial charge in [0.05, 0.1) is 10.6 Å². The lowest BCUT2D eigenvalue weighted by atomic mass is 10.2. The van der Waals surface area contributed by atoms with Gasteiger partial charge in [0.25, 0.3) is 15.9 Å². The average molecular weight is 470 g/mol. The Balaban J connectivity index is 1.39. The Labute approximate surface area is 193 Å². The summed E-state index contributed by atoms with van der Waals surface area (Å²) in [7, 11) is -3.85. The highest BCUT2D eigenvalue weighted by atomic mass is 35.5. The molecule has 1 amide bonds. The minimum absolute atomic E-state index is 0.0160. The lowest BCUT2D eigenvalue weighted by Crippen LogP contribution is -2.37. The summed E-state index contributed by atoms with van der Waals surface area (Å²) in [6.07, 6.45) is 0.854. The number of rotatable bonds is 7. The third kappa shape index (κ3) is 5.68. The molecule has 1 aliphatic heterocycles. The van der Waals surface area contributed by atoms with E-state index in [9.17, 15) is 13.2 Å². The zero-order chi connectivity index (χ0) is 22.6. The van der Waals surface area contributed by atoms with E-state index in [1.165, 1.54) is 23.8 Å². The summed E-state index contributed by atoms with van der Waals surface area (Å²) in [6, 6.07) is 22.7. The largest absolute Gasteiger partial charge is 0.348 e. The first-order valence-corrected chi connectivity index (χ1v) is 12.2. The van der Waals surface area contributed by atoms with Gasteiger partial charge in [-0.3, -0.25) is 14.4 Å². The van der Waals surface area contributed by atoms with Crippen LogP contribution in [0.2, 0.25) is 5.02 Å². The number of carbonyl (C=O) groups excluding carboxylic acids is 1. The van der Waals surface area contributed by atoms with Crippen LogP contribution in [-0.4, -0.2) is 38.4 Å². The molecule has 0 saturated carbocycles. The number of benzene rings is 3. The number of halogens is 1. The van der Waals surface area contributed by atoms with Gasteiger partial charge >= 0.3 is 0 Å². The highest BCUT2D eigenvalue weighted by molar-refractivity contribution is 7.92. The highest BCUT2D eigenvalue weighted by Gasteiger charge is 2.25. The van der Waals surface area contributed by atoms with Gasteiger partial charge in [0, 0.05) is 36.3 Å². The number of nitrogens with one attached hydrogen (secondary N) is 2. The van der Waals surface area contributed by atoms with E-state index in [1.807, 2.05) is 18.2 Å². The van der Waals surface area contributed by atoms with Crippen molar-refractivity contribution in [1.82, 2.24) is 10.2 Å². The van der Waals surface area contributed by atoms with E-state index in [-0.39, 0.29) is 16.8 Å². The quantitative estimate of drug-likeness (QED) is 0.545. The monoisotopic (exact) mass is 469 g/mol. The molecule has 6 nitrogen and oxygen atoms in total. The van der Waals surface area contributed by atoms with Crippen molar-refractivity contribution in [2.75, 3.05) is 17.8 Å². The Morgan fingerprint density at radius 3 is 2.56 bits per heavy atom. The van der Waals surface area contributed by atoms with Crippen molar-refractivity contribution in [1.29, 1.82) is 0 Å². The Morgan fingerprint density at radius 2 is 1.78 bits per heavy atom. The van der Waals surface area contributed by atoms with Crippen molar-refractivity contribution in [3.05, 3.63) is 95.0 Å². The zero-order valence-electron chi connectivity index (χ0n) is 17.4. The fourth-order valence-corrected chi connectivity index (χ4v) is 5.06. The molecule has 0 aromatic heterocycles. The van der Waals surface area contributed by atoms with Crippen LogP contribution in [0.1, 0.15) is 22.3 Å². The van der Waals surface area contributed by atoms with E-state index < -0.39 is 10.0 Å². The zero-order valence-corrected chi connectivity index (χ0v) is 18.9. The number of hydrogen-bond donors (Lipinski definition) is 2. The summed E-state index contributed by atoms with van der Waals surface area (Å²) < 4.78 is 28.0. The van der Waals surface area contributed by atoms with Gasteiger partial charge in [0.1, 0.15) is 0 Å². The molecular formula is C24H24ClN3O3S. The van der Waals surface area contributed by atoms with Crippen LogP contribution in [0, 0.1) is 0 Å². The molecule has 0 bridgehead atoms. The van der Waals surface area contributed by atoms with E-state index in [0.717, 1.165) is 26.1 Å². The maximum atomic E-state index is 12.8. The second-order valence-corrected chi connectivity index (χ2v) is 9.94. The molecule has 3 aromatic rings. The van der Waals surface area contributed by atoms with Gasteiger partial charge in [-0.15, -0.1) is 0 Å². The Hall–Kier alpha value is -2.87. The Kier molecular flexibility index (Phi) is 6.79. The van der Waals surface area contributed by atoms with Crippen LogP contribution in [0.3, 0.4) is 0 Å². The molecule has 1 saturated heterocycles. The molecule has 2 N–H and O–H groups in total. The fraction of sp³-hybridized carbons (Fsp3) is 0.208. The van der Waals surface area contributed by atoms with Gasteiger partial charge in [-0.05, 0) is 48.4 Å². The molecule has 4 rings (SSSR count). The first kappa shape index (κ1) is 22.3. The van der Waals surface area contributed by atoms with Crippen LogP contribution in [0.15, 0.2) is 83.8 Å². The molecule has 0 spiro atoms. The van der Waals surface area contributed by atoms with Crippen LogP contribution in [0.4, 0.5) is 5.69 Å². The molecule has 32 heavy (non-hydrogen) atoms. The van der Waals surface area contributed by atoms with E-state index >= 15 is 0 Å². The predicted molar refractivity (Wildman–Crippen MR) is 126 cm³/mol. The molecule has 1 aliphatic rings. The number of anilines is 1. The van der Waals surface area contributed by atoms with Crippen molar-refractivity contribution in [3.8, 4) is 0 Å². The number of amides is 1. The third-order valence-corrected chi connectivity index (χ3v) is 6.95. The van der Waals surface area contributed by atoms with E-state index in [2.05, 4.69) is 27.1 Å². The summed E-state index contributed by atoms with van der Waals surface area (Å²) in [5.74, 6) is -0.281. The Morgan fingerprint density at radius 1 is 1.00 bits per heavy atom. The van der Waals surface area contributed by atoms with Crippen molar-refractivity contribution in [2.45, 2.75) is 23.9 Å². The van der Waals surface area contributed by atoms with Gasteiger partial charge in [-0.1, -0.05) is 54.1 Å². The summed E-state index contributed by atoms with van der Waals surface area (Å²) in [5.41, 5.74) is 1.90. The molecule has 8 heteroatoms. The summed E-state index contributed by atoms with van der Waals surface area (Å²) in [5, 5.41) is 3.46. The molecule has 3 aromatic carbocycles. The van der Waals surface area contributed by atoms with Crippen molar-refractivity contribution in [3.63, 3.8) is 0 Å². The van der Waals surface area contributed by atoms with Crippen LogP contribution in [-0.2, 0) is 16.6 Å². The van der Waals surface area contributed by atoms with Crippen molar-refractivity contribution in [2.24, 2.45) is 0 Å². The molecule has 1 fully saturated rings. The SMILES string of the molecule is O=C(NC1CCN(Cc2ccccc2)C1)c1cccc(S(=O)(=O)Nc2cccc(Cl)c2)c1. The maximum Gasteiger partial charge on any atom is 0.261 e. The minimum atomic E-state index is -3.85. The standard InChI is InChI=1S/C24H24ClN3O3S/c25-20-9-5-10-21(15-20)27-32(30,31)23-11-4-8-19(14-23)24(29)26-22-12-13-28(17-22)16-18-6-2-1-3-7-18/h1-11,14-15,22,27H,12-13,16-17H2,(H,26,29). The van der Waals surface area contributed by atoms with Gasteiger partial charge in [-0.25, -0.2) is 8.42 Å². The molecule has 1 atom stereocenters. The minimum Gasteiger partial charge on any atom is -0.348 e. The topological polar surface area (TPSA) is 78.5 Å².